The van der Waals surface area contributed by atoms with Gasteiger partial charge < -0.3 is 11.1 Å². The number of anilines is 2. The van der Waals surface area contributed by atoms with Gasteiger partial charge in [-0.2, -0.15) is 5.10 Å². The molecule has 5 nitrogen and oxygen atoms in total. The first-order valence-corrected chi connectivity index (χ1v) is 7.11. The van der Waals surface area contributed by atoms with Crippen LogP contribution in [-0.2, 0) is 6.42 Å². The number of hydrogen-bond donors (Lipinski definition) is 3. The zero-order valence-electron chi connectivity index (χ0n) is 12.1. The molecule has 0 amide bonds. The number of rotatable bonds is 5. The Morgan fingerprint density at radius 2 is 2.19 bits per heavy atom. The predicted octanol–water partition coefficient (Wildman–Crippen LogP) is 2.89. The molecule has 4 N–H and O–H groups in total. The molecule has 0 aliphatic heterocycles. The number of pyridine rings is 1. The van der Waals surface area contributed by atoms with Crippen LogP contribution in [0.25, 0.3) is 10.9 Å². The molecule has 2 heterocycles. The van der Waals surface area contributed by atoms with E-state index in [0.29, 0.717) is 0 Å². The van der Waals surface area contributed by atoms with Crippen molar-refractivity contribution in [2.24, 2.45) is 0 Å². The molecule has 0 unspecified atom stereocenters. The van der Waals surface area contributed by atoms with Crippen LogP contribution in [0.2, 0.25) is 0 Å². The van der Waals surface area contributed by atoms with Gasteiger partial charge in [0.2, 0.25) is 0 Å². The fourth-order valence-electron chi connectivity index (χ4n) is 2.45. The first-order chi connectivity index (χ1) is 10.2. The number of aromatic amines is 1. The van der Waals surface area contributed by atoms with Gasteiger partial charge in [0.1, 0.15) is 0 Å². The summed E-state index contributed by atoms with van der Waals surface area (Å²) in [4.78, 5) is 4.35. The first kappa shape index (κ1) is 13.4. The van der Waals surface area contributed by atoms with Crippen LogP contribution < -0.4 is 11.1 Å². The molecule has 21 heavy (non-hydrogen) atoms. The Bertz CT molecular complexity index is 747. The minimum atomic E-state index is 0.739. The lowest BCUT2D eigenvalue weighted by Crippen LogP contribution is -2.04. The second kappa shape index (κ2) is 5.83. The highest BCUT2D eigenvalue weighted by Crippen LogP contribution is 2.23. The number of hydrogen-bond acceptors (Lipinski definition) is 4. The van der Waals surface area contributed by atoms with Crippen molar-refractivity contribution in [1.29, 1.82) is 0 Å². The van der Waals surface area contributed by atoms with Crippen LogP contribution in [0.1, 0.15) is 17.7 Å². The van der Waals surface area contributed by atoms with Crippen LogP contribution in [0.4, 0.5) is 11.4 Å². The minimum Gasteiger partial charge on any atom is -0.399 e. The van der Waals surface area contributed by atoms with Gasteiger partial charge in [-0.25, -0.2) is 0 Å². The van der Waals surface area contributed by atoms with E-state index < -0.39 is 0 Å². The van der Waals surface area contributed by atoms with Crippen LogP contribution in [0, 0.1) is 6.92 Å². The second-order valence-electron chi connectivity index (χ2n) is 5.19. The largest absolute Gasteiger partial charge is 0.399 e. The van der Waals surface area contributed by atoms with Crippen molar-refractivity contribution in [3.8, 4) is 0 Å². The van der Waals surface area contributed by atoms with Gasteiger partial charge >= 0.3 is 0 Å². The lowest BCUT2D eigenvalue weighted by Gasteiger charge is -2.09. The van der Waals surface area contributed by atoms with Gasteiger partial charge in [0, 0.05) is 35.2 Å². The number of nitrogen functional groups attached to an aromatic ring is 1. The number of fused-ring (bicyclic) bond motifs is 1. The molecule has 0 radical (unpaired) electrons. The monoisotopic (exact) mass is 281 g/mol. The fourth-order valence-corrected chi connectivity index (χ4v) is 2.45. The maximum absolute atomic E-state index is 5.79. The number of H-pyrrole nitrogens is 1. The van der Waals surface area contributed by atoms with Crippen molar-refractivity contribution in [3.05, 3.63) is 47.9 Å². The molecule has 0 saturated carbocycles. The van der Waals surface area contributed by atoms with Gasteiger partial charge in [-0.3, -0.25) is 10.1 Å². The van der Waals surface area contributed by atoms with E-state index in [2.05, 4.69) is 27.4 Å². The van der Waals surface area contributed by atoms with Gasteiger partial charge in [0.15, 0.2) is 0 Å². The lowest BCUT2D eigenvalue weighted by molar-refractivity contribution is 0.858. The molecule has 0 aliphatic carbocycles. The number of nitrogens with two attached hydrogens (primary N) is 1. The summed E-state index contributed by atoms with van der Waals surface area (Å²) in [6, 6.07) is 7.82. The summed E-state index contributed by atoms with van der Waals surface area (Å²) in [6.07, 6.45) is 5.79. The zero-order chi connectivity index (χ0) is 14.7. The molecular formula is C16H19N5. The normalized spacial score (nSPS) is 10.9. The third-order valence-electron chi connectivity index (χ3n) is 3.64. The first-order valence-electron chi connectivity index (χ1n) is 7.11. The Hall–Kier alpha value is -2.56. The zero-order valence-corrected chi connectivity index (χ0v) is 12.1. The SMILES string of the molecule is Cc1[nH]ncc1CCCNc1ccnc2cc(N)ccc12. The molecule has 0 atom stereocenters. The maximum Gasteiger partial charge on any atom is 0.0743 e. The highest BCUT2D eigenvalue weighted by Gasteiger charge is 2.03. The van der Waals surface area contributed by atoms with Crippen molar-refractivity contribution in [2.45, 2.75) is 19.8 Å². The Morgan fingerprint density at radius 1 is 1.29 bits per heavy atom. The molecule has 108 valence electrons. The van der Waals surface area contributed by atoms with Crippen LogP contribution in [0.3, 0.4) is 0 Å². The molecule has 2 aromatic heterocycles. The fraction of sp³-hybridized carbons (Fsp3) is 0.250. The third kappa shape index (κ3) is 2.97. The van der Waals surface area contributed by atoms with E-state index in [4.69, 9.17) is 5.73 Å². The Kier molecular flexibility index (Phi) is 3.73. The summed E-state index contributed by atoms with van der Waals surface area (Å²) in [5, 5.41) is 11.6. The minimum absolute atomic E-state index is 0.739. The summed E-state index contributed by atoms with van der Waals surface area (Å²) < 4.78 is 0. The molecule has 0 aliphatic rings. The second-order valence-corrected chi connectivity index (χ2v) is 5.19. The van der Waals surface area contributed by atoms with E-state index >= 15 is 0 Å². The van der Waals surface area contributed by atoms with Crippen molar-refractivity contribution in [2.75, 3.05) is 17.6 Å². The highest BCUT2D eigenvalue weighted by molar-refractivity contribution is 5.92. The van der Waals surface area contributed by atoms with Crippen LogP contribution in [-0.4, -0.2) is 21.7 Å². The van der Waals surface area contributed by atoms with Crippen LogP contribution >= 0.6 is 0 Å². The van der Waals surface area contributed by atoms with Crippen molar-refractivity contribution in [3.63, 3.8) is 0 Å². The molecule has 3 aromatic rings. The Labute approximate surface area is 123 Å². The molecule has 0 fully saturated rings. The van der Waals surface area contributed by atoms with E-state index in [9.17, 15) is 0 Å². The smallest absolute Gasteiger partial charge is 0.0743 e. The Balaban J connectivity index is 1.64. The van der Waals surface area contributed by atoms with Gasteiger partial charge in [0.05, 0.1) is 11.7 Å². The summed E-state index contributed by atoms with van der Waals surface area (Å²) in [6.45, 7) is 2.96. The van der Waals surface area contributed by atoms with Gasteiger partial charge in [-0.15, -0.1) is 0 Å². The summed E-state index contributed by atoms with van der Waals surface area (Å²) in [7, 11) is 0. The number of nitrogens with one attached hydrogen (secondary N) is 2. The third-order valence-corrected chi connectivity index (χ3v) is 3.64. The number of benzene rings is 1. The summed E-state index contributed by atoms with van der Waals surface area (Å²) in [5.41, 5.74) is 11.0. The highest BCUT2D eigenvalue weighted by atomic mass is 15.1. The van der Waals surface area contributed by atoms with E-state index in [-0.39, 0.29) is 0 Å². The molecule has 0 spiro atoms. The molecular weight excluding hydrogens is 262 g/mol. The van der Waals surface area contributed by atoms with Crippen molar-refractivity contribution >= 4 is 22.3 Å². The predicted molar refractivity (Wildman–Crippen MR) is 86.3 cm³/mol. The van der Waals surface area contributed by atoms with Crippen LogP contribution in [0.15, 0.2) is 36.7 Å². The van der Waals surface area contributed by atoms with Crippen LogP contribution in [0.5, 0.6) is 0 Å². The Morgan fingerprint density at radius 3 is 3.00 bits per heavy atom. The summed E-state index contributed by atoms with van der Waals surface area (Å²) >= 11 is 0. The van der Waals surface area contributed by atoms with Gasteiger partial charge in [-0.1, -0.05) is 0 Å². The number of aryl methyl sites for hydroxylation is 2. The number of nitrogens with zero attached hydrogens (tertiary/aromatic N) is 2. The van der Waals surface area contributed by atoms with E-state index in [1.54, 1.807) is 0 Å². The van der Waals surface area contributed by atoms with E-state index in [1.165, 1.54) is 5.56 Å². The number of aromatic nitrogens is 3. The average Bonchev–Trinajstić information content (AvgIpc) is 2.88. The van der Waals surface area contributed by atoms with E-state index in [0.717, 1.165) is 47.4 Å². The molecule has 0 saturated heterocycles. The standard InChI is InChI=1S/C16H19N5/c1-11-12(10-20-21-11)3-2-7-18-15-6-8-19-16-9-13(17)4-5-14(15)16/h4-6,8-10H,2-3,7,17H2,1H3,(H,18,19)(H,20,21). The quantitative estimate of drug-likeness (QED) is 0.496. The molecule has 5 heteroatoms. The topological polar surface area (TPSA) is 79.6 Å². The molecule has 1 aromatic carbocycles. The average molecular weight is 281 g/mol. The van der Waals surface area contributed by atoms with E-state index in [1.807, 2.05) is 36.7 Å². The maximum atomic E-state index is 5.79. The van der Waals surface area contributed by atoms with Crippen molar-refractivity contribution in [1.82, 2.24) is 15.2 Å². The van der Waals surface area contributed by atoms with Gasteiger partial charge in [0.25, 0.3) is 0 Å². The van der Waals surface area contributed by atoms with Crippen molar-refractivity contribution < 1.29 is 0 Å². The molecule has 0 bridgehead atoms. The lowest BCUT2D eigenvalue weighted by atomic mass is 10.1. The summed E-state index contributed by atoms with van der Waals surface area (Å²) in [5.74, 6) is 0. The molecule has 3 rings (SSSR count). The van der Waals surface area contributed by atoms with Gasteiger partial charge in [-0.05, 0) is 49.6 Å².